The van der Waals surface area contributed by atoms with Crippen molar-refractivity contribution in [1.29, 1.82) is 0 Å². The van der Waals surface area contributed by atoms with Crippen molar-refractivity contribution in [3.05, 3.63) is 53.5 Å². The molecule has 6 heteroatoms. The summed E-state index contributed by atoms with van der Waals surface area (Å²) in [5, 5.41) is 7.84. The second-order valence-corrected chi connectivity index (χ2v) is 5.82. The molecule has 6 nitrogen and oxygen atoms in total. The average molecular weight is 295 g/mol. The van der Waals surface area contributed by atoms with Gasteiger partial charge in [0, 0.05) is 11.8 Å². The number of hydrogen-bond acceptors (Lipinski definition) is 5. The summed E-state index contributed by atoms with van der Waals surface area (Å²) in [6.45, 7) is 5.31. The minimum Gasteiger partial charge on any atom is -0.376 e. The lowest BCUT2D eigenvalue weighted by Crippen LogP contribution is -2.53. The lowest BCUT2D eigenvalue weighted by molar-refractivity contribution is -0.0449. The summed E-state index contributed by atoms with van der Waals surface area (Å²) < 4.78 is 7.22. The first-order valence-corrected chi connectivity index (χ1v) is 7.27. The number of aryl methyl sites for hydroxylation is 2. The largest absolute Gasteiger partial charge is 0.376 e. The number of ether oxygens (including phenoxy) is 1. The molecular weight excluding hydrogens is 278 g/mol. The number of benzene rings is 1. The zero-order chi connectivity index (χ0) is 15.2. The molecule has 0 bridgehead atoms. The summed E-state index contributed by atoms with van der Waals surface area (Å²) in [5.74, 6) is 1.48. The first-order valence-electron chi connectivity index (χ1n) is 7.27. The van der Waals surface area contributed by atoms with E-state index in [9.17, 15) is 0 Å². The Kier molecular flexibility index (Phi) is 2.87. The van der Waals surface area contributed by atoms with Crippen molar-refractivity contribution in [2.45, 2.75) is 19.4 Å². The van der Waals surface area contributed by atoms with E-state index in [1.54, 1.807) is 4.52 Å². The van der Waals surface area contributed by atoms with Gasteiger partial charge >= 0.3 is 0 Å². The van der Waals surface area contributed by atoms with Crippen LogP contribution in [0.15, 0.2) is 36.7 Å². The van der Waals surface area contributed by atoms with E-state index >= 15 is 0 Å². The highest BCUT2D eigenvalue weighted by Crippen LogP contribution is 2.33. The molecule has 0 spiro atoms. The Morgan fingerprint density at radius 2 is 1.95 bits per heavy atom. The van der Waals surface area contributed by atoms with Crippen molar-refractivity contribution < 1.29 is 4.74 Å². The molecule has 3 aromatic rings. The first kappa shape index (κ1) is 13.2. The fraction of sp³-hybridized carbons (Fsp3) is 0.312. The van der Waals surface area contributed by atoms with E-state index in [0.717, 1.165) is 11.5 Å². The third kappa shape index (κ3) is 2.03. The summed E-state index contributed by atoms with van der Waals surface area (Å²) in [6.07, 6.45) is 1.52. The molecule has 2 aromatic heterocycles. The number of nitrogens with one attached hydrogen (secondary N) is 1. The third-order valence-electron chi connectivity index (χ3n) is 4.05. The van der Waals surface area contributed by atoms with Crippen molar-refractivity contribution in [1.82, 2.24) is 19.6 Å². The Balaban J connectivity index is 1.76. The molecular formula is C16H17N5O. The maximum absolute atomic E-state index is 5.50. The molecule has 0 radical (unpaired) electrons. The number of hydrogen-bond donors (Lipinski definition) is 1. The van der Waals surface area contributed by atoms with Crippen molar-refractivity contribution in [3.63, 3.8) is 0 Å². The lowest BCUT2D eigenvalue weighted by atomic mass is 9.87. The summed E-state index contributed by atoms with van der Waals surface area (Å²) >= 11 is 0. The van der Waals surface area contributed by atoms with E-state index in [4.69, 9.17) is 4.74 Å². The molecule has 1 aliphatic rings. The predicted octanol–water partition coefficient (Wildman–Crippen LogP) is 2.08. The van der Waals surface area contributed by atoms with Gasteiger partial charge in [-0.2, -0.15) is 14.6 Å². The fourth-order valence-corrected chi connectivity index (χ4v) is 2.75. The molecule has 1 aromatic carbocycles. The van der Waals surface area contributed by atoms with Gasteiger partial charge in [-0.25, -0.2) is 4.98 Å². The van der Waals surface area contributed by atoms with Crippen molar-refractivity contribution >= 4 is 11.6 Å². The van der Waals surface area contributed by atoms with Crippen LogP contribution in [0.4, 0.5) is 5.82 Å². The van der Waals surface area contributed by atoms with Crippen LogP contribution >= 0.6 is 0 Å². The SMILES string of the molecule is Cc1ccc(C2(Nc3cc(C)nc4ncnn34)COC2)cc1. The normalized spacial score (nSPS) is 16.5. The van der Waals surface area contributed by atoms with Gasteiger partial charge < -0.3 is 10.1 Å². The molecule has 0 amide bonds. The van der Waals surface area contributed by atoms with E-state index in [1.807, 2.05) is 13.0 Å². The molecule has 0 saturated carbocycles. The second kappa shape index (κ2) is 4.78. The van der Waals surface area contributed by atoms with Crippen LogP contribution in [0.5, 0.6) is 0 Å². The minimum absolute atomic E-state index is 0.222. The van der Waals surface area contributed by atoms with E-state index in [-0.39, 0.29) is 5.54 Å². The molecule has 1 N–H and O–H groups in total. The standard InChI is InChI=1S/C16H17N5O/c1-11-3-5-13(6-4-11)16(8-22-9-16)20-14-7-12(2)19-15-17-10-18-21(14)15/h3-7,10,20H,8-9H2,1-2H3. The Hall–Kier alpha value is -2.47. The van der Waals surface area contributed by atoms with Gasteiger partial charge in [0.1, 0.15) is 17.7 Å². The maximum atomic E-state index is 5.50. The van der Waals surface area contributed by atoms with E-state index in [2.05, 4.69) is 51.6 Å². The summed E-state index contributed by atoms with van der Waals surface area (Å²) in [6, 6.07) is 10.5. The first-order chi connectivity index (χ1) is 10.7. The van der Waals surface area contributed by atoms with Gasteiger partial charge in [-0.3, -0.25) is 0 Å². The Bertz CT molecular complexity index is 820. The van der Waals surface area contributed by atoms with Crippen molar-refractivity contribution in [2.24, 2.45) is 0 Å². The lowest BCUT2D eigenvalue weighted by Gasteiger charge is -2.43. The molecule has 3 heterocycles. The second-order valence-electron chi connectivity index (χ2n) is 5.82. The predicted molar refractivity (Wildman–Crippen MR) is 82.8 cm³/mol. The molecule has 0 atom stereocenters. The maximum Gasteiger partial charge on any atom is 0.254 e. The van der Waals surface area contributed by atoms with Crippen LogP contribution in [0.2, 0.25) is 0 Å². The third-order valence-corrected chi connectivity index (χ3v) is 4.05. The van der Waals surface area contributed by atoms with Crippen molar-refractivity contribution in [2.75, 3.05) is 18.5 Å². The molecule has 1 aliphatic heterocycles. The monoisotopic (exact) mass is 295 g/mol. The number of nitrogens with zero attached hydrogens (tertiary/aromatic N) is 4. The molecule has 0 aliphatic carbocycles. The molecule has 1 fully saturated rings. The topological polar surface area (TPSA) is 64.3 Å². The molecule has 0 unspecified atom stereocenters. The van der Waals surface area contributed by atoms with Gasteiger partial charge in [-0.05, 0) is 19.4 Å². The van der Waals surface area contributed by atoms with Crippen LogP contribution in [0.3, 0.4) is 0 Å². The van der Waals surface area contributed by atoms with Gasteiger partial charge in [0.2, 0.25) is 0 Å². The highest BCUT2D eigenvalue weighted by molar-refractivity contribution is 5.49. The van der Waals surface area contributed by atoms with Crippen molar-refractivity contribution in [3.8, 4) is 0 Å². The van der Waals surface area contributed by atoms with Gasteiger partial charge in [0.25, 0.3) is 5.78 Å². The van der Waals surface area contributed by atoms with E-state index in [1.165, 1.54) is 17.5 Å². The minimum atomic E-state index is -0.222. The number of anilines is 1. The van der Waals surface area contributed by atoms with Gasteiger partial charge in [-0.15, -0.1) is 0 Å². The van der Waals surface area contributed by atoms with Crippen LogP contribution in [0.1, 0.15) is 16.8 Å². The zero-order valence-corrected chi connectivity index (χ0v) is 12.6. The van der Waals surface area contributed by atoms with Crippen LogP contribution in [0.25, 0.3) is 5.78 Å². The highest BCUT2D eigenvalue weighted by Gasteiger charge is 2.41. The number of rotatable bonds is 3. The average Bonchev–Trinajstić information content (AvgIpc) is 2.92. The Morgan fingerprint density at radius 1 is 1.18 bits per heavy atom. The van der Waals surface area contributed by atoms with Crippen LogP contribution in [-0.4, -0.2) is 32.8 Å². The summed E-state index contributed by atoms with van der Waals surface area (Å²) in [7, 11) is 0. The van der Waals surface area contributed by atoms with E-state index < -0.39 is 0 Å². The van der Waals surface area contributed by atoms with Crippen LogP contribution in [-0.2, 0) is 10.3 Å². The van der Waals surface area contributed by atoms with Gasteiger partial charge in [0.05, 0.1) is 13.2 Å². The number of fused-ring (bicyclic) bond motifs is 1. The van der Waals surface area contributed by atoms with E-state index in [0.29, 0.717) is 19.0 Å². The fourth-order valence-electron chi connectivity index (χ4n) is 2.75. The molecule has 112 valence electrons. The highest BCUT2D eigenvalue weighted by atomic mass is 16.5. The quantitative estimate of drug-likeness (QED) is 0.801. The molecule has 4 rings (SSSR count). The Labute approximate surface area is 128 Å². The summed E-state index contributed by atoms with van der Waals surface area (Å²) in [5.41, 5.74) is 3.15. The molecule has 1 saturated heterocycles. The Morgan fingerprint density at radius 3 is 2.64 bits per heavy atom. The summed E-state index contributed by atoms with van der Waals surface area (Å²) in [4.78, 5) is 8.54. The van der Waals surface area contributed by atoms with Crippen LogP contribution < -0.4 is 5.32 Å². The zero-order valence-electron chi connectivity index (χ0n) is 12.6. The van der Waals surface area contributed by atoms with Gasteiger partial charge in [-0.1, -0.05) is 29.8 Å². The van der Waals surface area contributed by atoms with Crippen LogP contribution in [0, 0.1) is 13.8 Å². The smallest absolute Gasteiger partial charge is 0.254 e. The number of aromatic nitrogens is 4. The molecule has 22 heavy (non-hydrogen) atoms. The van der Waals surface area contributed by atoms with Gasteiger partial charge in [0.15, 0.2) is 0 Å².